The van der Waals surface area contributed by atoms with E-state index in [9.17, 15) is 14.7 Å². The number of aliphatic hydroxyl groups excluding tert-OH is 1. The van der Waals surface area contributed by atoms with Gasteiger partial charge in [0.25, 0.3) is 5.88 Å². The number of β-amino-alcohol motifs (C(OH)–C–C–N with tert-alkyl or cyclic N) is 1. The Hall–Kier alpha value is -8.14. The van der Waals surface area contributed by atoms with Crippen molar-refractivity contribution >= 4 is 46.4 Å². The molecule has 80 heavy (non-hydrogen) atoms. The molecule has 2 amide bonds. The van der Waals surface area contributed by atoms with Gasteiger partial charge in [-0.2, -0.15) is 0 Å². The maximum absolute atomic E-state index is 14.1. The molecule has 1 aliphatic carbocycles. The van der Waals surface area contributed by atoms with E-state index in [1.807, 2.05) is 111 Å². The largest absolute Gasteiger partial charge is 0.489 e. The molecule has 3 aliphatic heterocycles. The number of carbonyl (C=O) groups excluding carboxylic acids is 2. The average Bonchev–Trinajstić information content (AvgIpc) is 4.31. The van der Waals surface area contributed by atoms with Gasteiger partial charge in [-0.15, -0.1) is 21.5 Å². The number of nitrogens with two attached hydrogens (primary N) is 1. The van der Waals surface area contributed by atoms with Gasteiger partial charge in [0.05, 0.1) is 45.5 Å². The summed E-state index contributed by atoms with van der Waals surface area (Å²) < 4.78 is 35.1. The van der Waals surface area contributed by atoms with E-state index in [4.69, 9.17) is 33.9 Å². The van der Waals surface area contributed by atoms with Crippen LogP contribution in [-0.2, 0) is 20.9 Å². The van der Waals surface area contributed by atoms with Gasteiger partial charge in [-0.05, 0) is 90.5 Å². The summed E-state index contributed by atoms with van der Waals surface area (Å²) in [6.07, 6.45) is 10.0. The number of benzene rings is 2. The smallest absolute Gasteiger partial charge is 0.254 e. The minimum Gasteiger partial charge on any atom is -0.489 e. The van der Waals surface area contributed by atoms with Gasteiger partial charge in [-0.1, -0.05) is 50.2 Å². The minimum atomic E-state index is -0.835. The number of amides is 2. The van der Waals surface area contributed by atoms with Crippen LogP contribution in [0.1, 0.15) is 74.6 Å². The fourth-order valence-corrected chi connectivity index (χ4v) is 12.0. The molecule has 2 unspecified atom stereocenters. The molecule has 8 heterocycles. The zero-order valence-electron chi connectivity index (χ0n) is 45.1. The molecular weight excluding hydrogens is 1040 g/mol. The van der Waals surface area contributed by atoms with E-state index in [2.05, 4.69) is 57.6 Å². The lowest BCUT2D eigenvalue weighted by Gasteiger charge is -2.43. The Kier molecular flexibility index (Phi) is 16.2. The van der Waals surface area contributed by atoms with Gasteiger partial charge in [0.15, 0.2) is 18.4 Å². The van der Waals surface area contributed by atoms with Gasteiger partial charge < -0.3 is 59.1 Å². The second kappa shape index (κ2) is 24.1. The first kappa shape index (κ1) is 53.8. The quantitative estimate of drug-likeness (QED) is 0.0580. The van der Waals surface area contributed by atoms with Gasteiger partial charge in [0, 0.05) is 94.2 Å². The van der Waals surface area contributed by atoms with Crippen molar-refractivity contribution in [1.82, 2.24) is 40.5 Å². The Morgan fingerprint density at radius 1 is 0.900 bits per heavy atom. The highest BCUT2D eigenvalue weighted by molar-refractivity contribution is 7.13. The molecule has 4 N–H and O–H groups in total. The van der Waals surface area contributed by atoms with Crippen LogP contribution < -0.4 is 39.8 Å². The Labute approximate surface area is 467 Å². The van der Waals surface area contributed by atoms with E-state index in [0.29, 0.717) is 40.3 Å². The number of fused-ring (bicyclic) bond motifs is 2. The fourth-order valence-electron chi connectivity index (χ4n) is 11.1. The number of hydrogen-bond acceptors (Lipinski definition) is 19. The number of hydrogen-bond donors (Lipinski definition) is 3. The number of likely N-dealkylation sites (tertiary alicyclic amines) is 1. The third-order valence-corrected chi connectivity index (χ3v) is 16.2. The third-order valence-electron chi connectivity index (χ3n) is 15.2. The van der Waals surface area contributed by atoms with Crippen LogP contribution in [0, 0.1) is 12.8 Å². The van der Waals surface area contributed by atoms with Crippen LogP contribution in [0.25, 0.3) is 27.8 Å². The number of rotatable bonds is 21. The first-order valence-corrected chi connectivity index (χ1v) is 28.0. The Bertz CT molecular complexity index is 3280. The lowest BCUT2D eigenvalue weighted by Crippen LogP contribution is -2.54. The highest BCUT2D eigenvalue weighted by atomic mass is 32.1. The summed E-state index contributed by atoms with van der Waals surface area (Å²) in [5, 5.41) is 26.5. The van der Waals surface area contributed by atoms with Gasteiger partial charge in [-0.3, -0.25) is 14.6 Å². The standard InChI is InChI=1S/C59H65N11O9S/c1-35(2)55(59(73)69-32-43(71)23-50(69)58(72)63-28-37-11-13-38(14-12-37)56-36(3)64-33-80-56)52-27-54(67-79-52)75-21-7-8-39-15-18-44(29-62-39)77-45-24-46(25-45)78-53-22-40(19-20-61-53)70-41-16-17-42(70)31-68(30-41)49-26-48(65-66-57(49)60)47-9-5-6-10-51(47)76-34-74-4/h5-15,18-20,22,26-27,29,33,35,41-43,45-46,50,55,71H,16-17,21,23-25,28,30-32,34H2,1-4H3,(H2,60,66)(H,63,72)/t41-,42?,43-,45?,46?,50+,55?/m1/s1. The zero-order valence-corrected chi connectivity index (χ0v) is 45.9. The number of nitrogen functional groups attached to an aromatic ring is 1. The first-order chi connectivity index (χ1) is 38.9. The Morgan fingerprint density at radius 2 is 1.70 bits per heavy atom. The number of nitrogens with one attached hydrogen (secondary N) is 1. The summed E-state index contributed by atoms with van der Waals surface area (Å²) in [4.78, 5) is 48.5. The van der Waals surface area contributed by atoms with E-state index in [1.54, 1.807) is 30.7 Å². The van der Waals surface area contributed by atoms with E-state index in [1.165, 1.54) is 4.90 Å². The summed E-state index contributed by atoms with van der Waals surface area (Å²) in [5.41, 5.74) is 15.4. The van der Waals surface area contributed by atoms with E-state index < -0.39 is 18.1 Å². The fraction of sp³-hybridized carbons (Fsp3) is 0.390. The molecule has 7 aromatic rings. The molecule has 0 radical (unpaired) electrons. The van der Waals surface area contributed by atoms with Crippen molar-refractivity contribution in [3.8, 4) is 45.0 Å². The molecule has 21 heteroatoms. The molecule has 1 saturated carbocycles. The number of aryl methyl sites for hydroxylation is 1. The van der Waals surface area contributed by atoms with Gasteiger partial charge in [0.2, 0.25) is 17.7 Å². The first-order valence-electron chi connectivity index (χ1n) is 27.1. The van der Waals surface area contributed by atoms with Crippen molar-refractivity contribution < 1.29 is 42.9 Å². The number of piperazine rings is 1. The molecule has 3 saturated heterocycles. The van der Waals surface area contributed by atoms with Crippen molar-refractivity contribution in [2.24, 2.45) is 5.92 Å². The molecule has 5 atom stereocenters. The van der Waals surface area contributed by atoms with Crippen LogP contribution >= 0.6 is 11.3 Å². The van der Waals surface area contributed by atoms with E-state index in [-0.39, 0.29) is 80.8 Å². The van der Waals surface area contributed by atoms with E-state index in [0.717, 1.165) is 77.4 Å². The molecule has 2 aromatic carbocycles. The number of aliphatic hydroxyl groups is 1. The van der Waals surface area contributed by atoms with Crippen LogP contribution in [0.5, 0.6) is 23.3 Å². The molecule has 20 nitrogen and oxygen atoms in total. The van der Waals surface area contributed by atoms with Crippen LogP contribution in [0.2, 0.25) is 0 Å². The SMILES string of the molecule is COCOc1ccccc1-c1cc(N2CC3CC[C@H](C2)N3c2ccnc(OC3CC(Oc4ccc(C=CCOc5cc(C(C(=O)N6C[C@H](O)C[C@H]6C(=O)NCc6ccc(-c7scnc7C)cc6)C(C)C)on5)nc4)C3)c2)c(N)nn1. The maximum Gasteiger partial charge on any atom is 0.254 e. The Morgan fingerprint density at radius 3 is 2.45 bits per heavy atom. The van der Waals surface area contributed by atoms with Crippen molar-refractivity contribution in [3.05, 3.63) is 132 Å². The highest BCUT2D eigenvalue weighted by Gasteiger charge is 2.44. The minimum absolute atomic E-state index is 0.00861. The number of ether oxygens (including phenoxy) is 5. The number of carbonyl (C=O) groups is 2. The lowest BCUT2D eigenvalue weighted by molar-refractivity contribution is -0.141. The molecule has 416 valence electrons. The molecule has 5 aromatic heterocycles. The molecule has 2 bridgehead atoms. The second-order valence-electron chi connectivity index (χ2n) is 21.0. The number of anilines is 3. The zero-order chi connectivity index (χ0) is 55.3. The van der Waals surface area contributed by atoms with Crippen LogP contribution in [0.15, 0.2) is 113 Å². The summed E-state index contributed by atoms with van der Waals surface area (Å²) in [5.74, 6) is 1.26. The van der Waals surface area contributed by atoms with Crippen molar-refractivity contribution in [1.29, 1.82) is 0 Å². The molecule has 4 aliphatic rings. The van der Waals surface area contributed by atoms with Gasteiger partial charge >= 0.3 is 0 Å². The number of methoxy groups -OCH3 is 1. The normalized spacial score (nSPS) is 20.9. The average molecular weight is 1100 g/mol. The molecule has 4 fully saturated rings. The topological polar surface area (TPSA) is 239 Å². The number of aromatic nitrogens is 6. The highest BCUT2D eigenvalue weighted by Crippen LogP contribution is 2.41. The molecule has 0 spiro atoms. The predicted octanol–water partition coefficient (Wildman–Crippen LogP) is 7.87. The van der Waals surface area contributed by atoms with Crippen molar-refractivity contribution in [2.75, 3.05) is 55.7 Å². The summed E-state index contributed by atoms with van der Waals surface area (Å²) in [6.45, 7) is 7.97. The molecular formula is C59H65N11O9S. The van der Waals surface area contributed by atoms with Crippen LogP contribution in [0.3, 0.4) is 0 Å². The number of para-hydroxylation sites is 1. The Balaban J connectivity index is 0.619. The van der Waals surface area contributed by atoms with Gasteiger partial charge in [0.1, 0.15) is 42.3 Å². The number of nitrogens with zero attached hydrogens (tertiary/aromatic N) is 9. The number of thiazole rings is 1. The van der Waals surface area contributed by atoms with Crippen LogP contribution in [-0.4, -0.2) is 129 Å². The lowest BCUT2D eigenvalue weighted by atomic mass is 9.91. The third kappa shape index (κ3) is 12.0. The van der Waals surface area contributed by atoms with Crippen molar-refractivity contribution in [2.45, 2.75) is 102 Å². The van der Waals surface area contributed by atoms with Gasteiger partial charge in [-0.25, -0.2) is 9.97 Å². The number of pyridine rings is 2. The summed E-state index contributed by atoms with van der Waals surface area (Å²) in [7, 11) is 1.59. The predicted molar refractivity (Wildman–Crippen MR) is 301 cm³/mol. The maximum atomic E-state index is 14.1. The second-order valence-corrected chi connectivity index (χ2v) is 21.9. The summed E-state index contributed by atoms with van der Waals surface area (Å²) in [6, 6.07) is 26.9. The summed E-state index contributed by atoms with van der Waals surface area (Å²) >= 11 is 1.58. The van der Waals surface area contributed by atoms with Crippen LogP contribution in [0.4, 0.5) is 17.2 Å². The molecule has 11 rings (SSSR count). The monoisotopic (exact) mass is 1100 g/mol. The van der Waals surface area contributed by atoms with E-state index >= 15 is 0 Å². The van der Waals surface area contributed by atoms with Crippen molar-refractivity contribution in [3.63, 3.8) is 0 Å².